The molecule has 170 valence electrons. The van der Waals surface area contributed by atoms with E-state index in [2.05, 4.69) is 34.6 Å². The zero-order valence-corrected chi connectivity index (χ0v) is 19.6. The van der Waals surface area contributed by atoms with Crippen LogP contribution in [0.1, 0.15) is 119 Å². The third-order valence-corrected chi connectivity index (χ3v) is 10.8. The molecular weight excluding hydrogens is 352 g/mol. The molecule has 29 heavy (non-hydrogen) atoms. The zero-order valence-electron chi connectivity index (χ0n) is 19.6. The Balaban J connectivity index is 0.00000240. The van der Waals surface area contributed by atoms with E-state index in [1.54, 1.807) is 0 Å². The van der Waals surface area contributed by atoms with Crippen LogP contribution in [0.15, 0.2) is 0 Å². The second kappa shape index (κ2) is 8.84. The number of fused-ring (bicyclic) bond motifs is 5. The molecule has 9 unspecified atom stereocenters. The summed E-state index contributed by atoms with van der Waals surface area (Å²) in [7, 11) is 0. The highest BCUT2D eigenvalue weighted by molar-refractivity contribution is 5.09. The lowest BCUT2D eigenvalue weighted by Crippen LogP contribution is -2.54. The third kappa shape index (κ3) is 4.08. The van der Waals surface area contributed by atoms with Crippen molar-refractivity contribution in [1.82, 2.24) is 0 Å². The van der Waals surface area contributed by atoms with Crippen LogP contribution in [0.2, 0.25) is 0 Å². The van der Waals surface area contributed by atoms with E-state index in [1.165, 1.54) is 64.2 Å². The van der Waals surface area contributed by atoms with E-state index in [4.69, 9.17) is 0 Å². The highest BCUT2D eigenvalue weighted by Crippen LogP contribution is 2.68. The van der Waals surface area contributed by atoms with Gasteiger partial charge < -0.3 is 5.11 Å². The van der Waals surface area contributed by atoms with Crippen LogP contribution in [0.5, 0.6) is 0 Å². The summed E-state index contributed by atoms with van der Waals surface area (Å²) >= 11 is 0. The van der Waals surface area contributed by atoms with Gasteiger partial charge in [0.1, 0.15) is 0 Å². The molecule has 4 saturated carbocycles. The van der Waals surface area contributed by atoms with Crippen LogP contribution >= 0.6 is 0 Å². The molecule has 4 aliphatic rings. The van der Waals surface area contributed by atoms with Gasteiger partial charge in [0.2, 0.25) is 0 Å². The normalized spacial score (nSPS) is 47.7. The number of hydrogen-bond acceptors (Lipinski definition) is 1. The SMILES string of the molecule is C.CC(C)CCCC(C)C1CCC2C3CCC4CC(O)CCC4(C)C3CCC12C. The van der Waals surface area contributed by atoms with Crippen molar-refractivity contribution in [3.63, 3.8) is 0 Å². The quantitative estimate of drug-likeness (QED) is 0.490. The number of aliphatic hydroxyl groups is 1. The summed E-state index contributed by atoms with van der Waals surface area (Å²) < 4.78 is 0. The highest BCUT2D eigenvalue weighted by atomic mass is 16.3. The largest absolute Gasteiger partial charge is 0.393 e. The Morgan fingerprint density at radius 3 is 2.24 bits per heavy atom. The maximum Gasteiger partial charge on any atom is 0.0543 e. The molecular formula is C28H52O. The first-order valence-electron chi connectivity index (χ1n) is 12.9. The lowest BCUT2D eigenvalue weighted by molar-refractivity contribution is -0.129. The Hall–Kier alpha value is -0.0400. The van der Waals surface area contributed by atoms with Gasteiger partial charge in [-0.25, -0.2) is 0 Å². The van der Waals surface area contributed by atoms with E-state index < -0.39 is 0 Å². The van der Waals surface area contributed by atoms with Gasteiger partial charge in [-0.05, 0) is 110 Å². The Morgan fingerprint density at radius 1 is 0.828 bits per heavy atom. The van der Waals surface area contributed by atoms with Crippen LogP contribution in [0.25, 0.3) is 0 Å². The van der Waals surface area contributed by atoms with Gasteiger partial charge in [-0.2, -0.15) is 0 Å². The van der Waals surface area contributed by atoms with Crippen molar-refractivity contribution in [2.45, 2.75) is 125 Å². The molecule has 0 aromatic heterocycles. The third-order valence-electron chi connectivity index (χ3n) is 10.8. The topological polar surface area (TPSA) is 20.2 Å². The molecule has 0 aromatic rings. The average molecular weight is 405 g/mol. The lowest BCUT2D eigenvalue weighted by atomic mass is 9.44. The van der Waals surface area contributed by atoms with Crippen LogP contribution in [0, 0.1) is 52.3 Å². The van der Waals surface area contributed by atoms with E-state index >= 15 is 0 Å². The molecule has 0 aromatic carbocycles. The number of rotatable bonds is 5. The predicted octanol–water partition coefficient (Wildman–Crippen LogP) is 8.10. The first-order chi connectivity index (χ1) is 13.3. The highest BCUT2D eigenvalue weighted by Gasteiger charge is 2.60. The molecule has 1 heteroatoms. The molecule has 0 heterocycles. The van der Waals surface area contributed by atoms with Crippen molar-refractivity contribution in [1.29, 1.82) is 0 Å². The molecule has 0 saturated heterocycles. The minimum Gasteiger partial charge on any atom is -0.393 e. The molecule has 1 nitrogen and oxygen atoms in total. The second-order valence-corrected chi connectivity index (χ2v) is 12.6. The molecule has 0 radical (unpaired) electrons. The van der Waals surface area contributed by atoms with Crippen molar-refractivity contribution >= 4 is 0 Å². The summed E-state index contributed by atoms with van der Waals surface area (Å²) in [6, 6.07) is 0. The first kappa shape index (κ1) is 23.6. The maximum absolute atomic E-state index is 10.3. The standard InChI is InChI=1S/C27H48O.CH4/c1-18(2)7-6-8-19(3)23-11-12-24-22-10-9-20-17-21(28)13-15-26(20,4)25(22)14-16-27(23,24)5;/h18-25,28H,6-17H2,1-5H3;1H4. The first-order valence-corrected chi connectivity index (χ1v) is 12.9. The Bertz CT molecular complexity index is 540. The van der Waals surface area contributed by atoms with Crippen LogP contribution < -0.4 is 0 Å². The Morgan fingerprint density at radius 2 is 1.52 bits per heavy atom. The average Bonchev–Trinajstić information content (AvgIpc) is 2.99. The van der Waals surface area contributed by atoms with E-state index in [1.807, 2.05) is 0 Å². The van der Waals surface area contributed by atoms with Crippen molar-refractivity contribution in [3.05, 3.63) is 0 Å². The summed E-state index contributed by atoms with van der Waals surface area (Å²) in [4.78, 5) is 0. The summed E-state index contributed by atoms with van der Waals surface area (Å²) in [5.74, 6) is 6.49. The molecule has 0 bridgehead atoms. The summed E-state index contributed by atoms with van der Waals surface area (Å²) in [5, 5.41) is 10.3. The molecule has 1 N–H and O–H groups in total. The molecule has 0 amide bonds. The monoisotopic (exact) mass is 404 g/mol. The fourth-order valence-electron chi connectivity index (χ4n) is 9.26. The summed E-state index contributed by atoms with van der Waals surface area (Å²) in [5.41, 5.74) is 1.15. The van der Waals surface area contributed by atoms with E-state index in [0.717, 1.165) is 54.3 Å². The van der Waals surface area contributed by atoms with Gasteiger partial charge in [0.25, 0.3) is 0 Å². The molecule has 0 aliphatic heterocycles. The van der Waals surface area contributed by atoms with Gasteiger partial charge in [0.15, 0.2) is 0 Å². The van der Waals surface area contributed by atoms with Crippen LogP contribution in [-0.2, 0) is 0 Å². The van der Waals surface area contributed by atoms with E-state index in [0.29, 0.717) is 10.8 Å². The zero-order chi connectivity index (χ0) is 20.1. The fourth-order valence-corrected chi connectivity index (χ4v) is 9.26. The van der Waals surface area contributed by atoms with Crippen molar-refractivity contribution in [3.8, 4) is 0 Å². The number of aliphatic hydroxyl groups excluding tert-OH is 1. The van der Waals surface area contributed by atoms with Crippen molar-refractivity contribution in [2.24, 2.45) is 52.3 Å². The van der Waals surface area contributed by atoms with Gasteiger partial charge in [0, 0.05) is 0 Å². The van der Waals surface area contributed by atoms with Gasteiger partial charge in [-0.3, -0.25) is 0 Å². The molecule has 9 atom stereocenters. The minimum atomic E-state index is -0.00830. The van der Waals surface area contributed by atoms with Crippen LogP contribution in [-0.4, -0.2) is 11.2 Å². The van der Waals surface area contributed by atoms with Crippen LogP contribution in [0.3, 0.4) is 0 Å². The smallest absolute Gasteiger partial charge is 0.0543 e. The maximum atomic E-state index is 10.3. The van der Waals surface area contributed by atoms with Gasteiger partial charge in [-0.15, -0.1) is 0 Å². The van der Waals surface area contributed by atoms with Gasteiger partial charge in [0.05, 0.1) is 6.10 Å². The predicted molar refractivity (Wildman–Crippen MR) is 126 cm³/mol. The van der Waals surface area contributed by atoms with E-state index in [-0.39, 0.29) is 13.5 Å². The van der Waals surface area contributed by atoms with E-state index in [9.17, 15) is 5.11 Å². The molecule has 4 aliphatic carbocycles. The van der Waals surface area contributed by atoms with Gasteiger partial charge in [-0.1, -0.05) is 61.3 Å². The van der Waals surface area contributed by atoms with Crippen molar-refractivity contribution in [2.75, 3.05) is 0 Å². The Labute approximate surface area is 182 Å². The molecule has 4 rings (SSSR count). The van der Waals surface area contributed by atoms with Gasteiger partial charge >= 0.3 is 0 Å². The Kier molecular flexibility index (Phi) is 7.20. The second-order valence-electron chi connectivity index (χ2n) is 12.6. The molecule has 4 fully saturated rings. The minimum absolute atomic E-state index is 0. The summed E-state index contributed by atoms with van der Waals surface area (Å²) in [6.07, 6.45) is 16.6. The van der Waals surface area contributed by atoms with Crippen LogP contribution in [0.4, 0.5) is 0 Å². The summed E-state index contributed by atoms with van der Waals surface area (Å²) in [6.45, 7) is 12.7. The number of hydrogen-bond donors (Lipinski definition) is 1. The lowest BCUT2D eigenvalue weighted by Gasteiger charge is -2.61. The molecule has 0 spiro atoms. The van der Waals surface area contributed by atoms with Crippen molar-refractivity contribution < 1.29 is 5.11 Å². The fraction of sp³-hybridized carbons (Fsp3) is 1.00.